The summed E-state index contributed by atoms with van der Waals surface area (Å²) in [6.07, 6.45) is 3.22. The van der Waals surface area contributed by atoms with Crippen LogP contribution in [0.1, 0.15) is 33.7 Å². The summed E-state index contributed by atoms with van der Waals surface area (Å²) < 4.78 is 6.49. The molecular weight excluding hydrogens is 246 g/mol. The average Bonchev–Trinajstić information content (AvgIpc) is 2.36. The van der Waals surface area contributed by atoms with Crippen molar-refractivity contribution >= 4 is 11.8 Å². The molecule has 0 unspecified atom stereocenters. The van der Waals surface area contributed by atoms with E-state index in [9.17, 15) is 9.59 Å². The van der Waals surface area contributed by atoms with E-state index >= 15 is 0 Å². The van der Waals surface area contributed by atoms with Gasteiger partial charge in [-0.25, -0.2) is 4.98 Å². The van der Waals surface area contributed by atoms with Crippen molar-refractivity contribution in [3.63, 3.8) is 0 Å². The van der Waals surface area contributed by atoms with Gasteiger partial charge in [-0.2, -0.15) is 0 Å². The summed E-state index contributed by atoms with van der Waals surface area (Å²) >= 11 is 0. The molecule has 1 aromatic rings. The number of anilines is 1. The Bertz CT molecular complexity index is 482. The predicted molar refractivity (Wildman–Crippen MR) is 73.4 cm³/mol. The van der Waals surface area contributed by atoms with Crippen LogP contribution >= 0.6 is 0 Å². The first-order valence-electron chi connectivity index (χ1n) is 6.48. The van der Waals surface area contributed by atoms with Gasteiger partial charge in [0.2, 0.25) is 0 Å². The monoisotopic (exact) mass is 267 g/mol. The second kappa shape index (κ2) is 6.92. The van der Waals surface area contributed by atoms with E-state index in [1.165, 1.54) is 0 Å². The van der Waals surface area contributed by atoms with Crippen molar-refractivity contribution in [3.05, 3.63) is 22.7 Å². The van der Waals surface area contributed by atoms with Crippen molar-refractivity contribution in [2.45, 2.75) is 33.7 Å². The lowest BCUT2D eigenvalue weighted by Crippen LogP contribution is -2.37. The van der Waals surface area contributed by atoms with Crippen molar-refractivity contribution in [2.24, 2.45) is 0 Å². The molecule has 0 amide bonds. The molecule has 6 nitrogen and oxygen atoms in total. The van der Waals surface area contributed by atoms with Gasteiger partial charge in [-0.05, 0) is 27.7 Å². The van der Waals surface area contributed by atoms with Crippen molar-refractivity contribution in [1.82, 2.24) is 9.55 Å². The number of likely N-dealkylation sites (N-methyl/N-ethyl adjacent to an activating group) is 1. The van der Waals surface area contributed by atoms with Gasteiger partial charge in [0.25, 0.3) is 5.56 Å². The molecule has 19 heavy (non-hydrogen) atoms. The van der Waals surface area contributed by atoms with Crippen molar-refractivity contribution in [2.75, 3.05) is 24.6 Å². The van der Waals surface area contributed by atoms with Gasteiger partial charge in [0.05, 0.1) is 6.61 Å². The lowest BCUT2D eigenvalue weighted by atomic mass is 10.3. The molecule has 0 fully saturated rings. The van der Waals surface area contributed by atoms with Gasteiger partial charge < -0.3 is 14.2 Å². The number of aromatic nitrogens is 2. The molecule has 0 radical (unpaired) electrons. The third-order valence-electron chi connectivity index (χ3n) is 2.71. The van der Waals surface area contributed by atoms with E-state index < -0.39 is 0 Å². The summed E-state index contributed by atoms with van der Waals surface area (Å²) in [5.74, 6) is -0.0720. The molecular formula is C13H21N3O3. The average molecular weight is 267 g/mol. The first kappa shape index (κ1) is 15.2. The number of nitrogens with zero attached hydrogens (tertiary/aromatic N) is 3. The molecule has 6 heteroatoms. The number of hydrogen-bond donors (Lipinski definition) is 0. The van der Waals surface area contributed by atoms with Crippen LogP contribution in [0.3, 0.4) is 0 Å². The standard InChI is InChI=1S/C13H21N3O3/c1-5-15(9-11(17)19-6-2)12-13(18)16(10(3)4)8-7-14-12/h7-8,10H,5-6,9H2,1-4H3. The summed E-state index contributed by atoms with van der Waals surface area (Å²) in [6.45, 7) is 8.35. The molecule has 1 heterocycles. The molecule has 0 atom stereocenters. The van der Waals surface area contributed by atoms with Gasteiger partial charge in [-0.1, -0.05) is 0 Å². The summed E-state index contributed by atoms with van der Waals surface area (Å²) in [5.41, 5.74) is -0.191. The minimum atomic E-state index is -0.356. The van der Waals surface area contributed by atoms with Crippen LogP contribution in [0.5, 0.6) is 0 Å². The van der Waals surface area contributed by atoms with E-state index in [2.05, 4.69) is 4.98 Å². The highest BCUT2D eigenvalue weighted by molar-refractivity contribution is 5.75. The minimum absolute atomic E-state index is 0.0364. The van der Waals surface area contributed by atoms with Gasteiger partial charge >= 0.3 is 5.97 Å². The lowest BCUT2D eigenvalue weighted by molar-refractivity contribution is -0.141. The lowest BCUT2D eigenvalue weighted by Gasteiger charge is -2.21. The topological polar surface area (TPSA) is 64.4 Å². The Morgan fingerprint density at radius 1 is 1.47 bits per heavy atom. The SMILES string of the molecule is CCOC(=O)CN(CC)c1nccn(C(C)C)c1=O. The first-order chi connectivity index (χ1) is 9.01. The number of hydrogen-bond acceptors (Lipinski definition) is 5. The minimum Gasteiger partial charge on any atom is -0.465 e. The van der Waals surface area contributed by atoms with Crippen LogP contribution in [-0.4, -0.2) is 35.2 Å². The quantitative estimate of drug-likeness (QED) is 0.725. The number of esters is 1. The third kappa shape index (κ3) is 3.81. The van der Waals surface area contributed by atoms with Crippen LogP contribution in [0, 0.1) is 0 Å². The highest BCUT2D eigenvalue weighted by Crippen LogP contribution is 2.06. The van der Waals surface area contributed by atoms with E-state index in [-0.39, 0.29) is 29.9 Å². The van der Waals surface area contributed by atoms with Crippen LogP contribution in [0.4, 0.5) is 5.82 Å². The third-order valence-corrected chi connectivity index (χ3v) is 2.71. The molecule has 0 aliphatic heterocycles. The smallest absolute Gasteiger partial charge is 0.325 e. The maximum Gasteiger partial charge on any atom is 0.325 e. The Labute approximate surface area is 113 Å². The molecule has 0 aliphatic rings. The fourth-order valence-electron chi connectivity index (χ4n) is 1.74. The maximum atomic E-state index is 12.3. The molecule has 0 spiro atoms. The second-order valence-electron chi connectivity index (χ2n) is 4.38. The number of ether oxygens (including phenoxy) is 1. The Morgan fingerprint density at radius 2 is 2.16 bits per heavy atom. The Balaban J connectivity index is 3.02. The molecule has 0 saturated carbocycles. The molecule has 106 valence electrons. The highest BCUT2D eigenvalue weighted by atomic mass is 16.5. The van der Waals surface area contributed by atoms with E-state index in [1.807, 2.05) is 20.8 Å². The zero-order chi connectivity index (χ0) is 14.4. The van der Waals surface area contributed by atoms with Crippen LogP contribution in [-0.2, 0) is 9.53 Å². The van der Waals surface area contributed by atoms with Crippen LogP contribution in [0.2, 0.25) is 0 Å². The highest BCUT2D eigenvalue weighted by Gasteiger charge is 2.16. The number of carbonyl (C=O) groups excluding carboxylic acids is 1. The molecule has 1 rings (SSSR count). The Kier molecular flexibility index (Phi) is 5.54. The predicted octanol–water partition coefficient (Wildman–Crippen LogP) is 1.21. The zero-order valence-electron chi connectivity index (χ0n) is 11.9. The number of rotatable bonds is 6. The van der Waals surface area contributed by atoms with E-state index in [1.54, 1.807) is 28.8 Å². The van der Waals surface area contributed by atoms with E-state index in [0.717, 1.165) is 0 Å². The van der Waals surface area contributed by atoms with Crippen LogP contribution in [0.25, 0.3) is 0 Å². The summed E-state index contributed by atoms with van der Waals surface area (Å²) in [7, 11) is 0. The maximum absolute atomic E-state index is 12.3. The van der Waals surface area contributed by atoms with E-state index in [4.69, 9.17) is 4.74 Å². The molecule has 0 bridgehead atoms. The van der Waals surface area contributed by atoms with E-state index in [0.29, 0.717) is 13.2 Å². The molecule has 0 N–H and O–H groups in total. The van der Waals surface area contributed by atoms with Crippen LogP contribution in [0.15, 0.2) is 17.2 Å². The van der Waals surface area contributed by atoms with Crippen molar-refractivity contribution in [3.8, 4) is 0 Å². The molecule has 0 saturated heterocycles. The van der Waals surface area contributed by atoms with Gasteiger partial charge in [-0.3, -0.25) is 9.59 Å². The van der Waals surface area contributed by atoms with Crippen LogP contribution < -0.4 is 10.5 Å². The largest absolute Gasteiger partial charge is 0.465 e. The zero-order valence-corrected chi connectivity index (χ0v) is 11.9. The fraction of sp³-hybridized carbons (Fsp3) is 0.615. The number of carbonyl (C=O) groups is 1. The molecule has 0 aromatic carbocycles. The van der Waals surface area contributed by atoms with Gasteiger partial charge in [0.15, 0.2) is 5.82 Å². The second-order valence-corrected chi connectivity index (χ2v) is 4.38. The summed E-state index contributed by atoms with van der Waals surface area (Å²) in [5, 5.41) is 0. The summed E-state index contributed by atoms with van der Waals surface area (Å²) in [4.78, 5) is 29.5. The van der Waals surface area contributed by atoms with Gasteiger partial charge in [-0.15, -0.1) is 0 Å². The summed E-state index contributed by atoms with van der Waals surface area (Å²) in [6, 6.07) is 0.0514. The van der Waals surface area contributed by atoms with Gasteiger partial charge in [0, 0.05) is 25.0 Å². The first-order valence-corrected chi connectivity index (χ1v) is 6.48. The fourth-order valence-corrected chi connectivity index (χ4v) is 1.74. The van der Waals surface area contributed by atoms with Crippen molar-refractivity contribution < 1.29 is 9.53 Å². The molecule has 0 aliphatic carbocycles. The van der Waals surface area contributed by atoms with Gasteiger partial charge in [0.1, 0.15) is 6.54 Å². The Morgan fingerprint density at radius 3 is 2.68 bits per heavy atom. The Hall–Kier alpha value is -1.85. The normalized spacial score (nSPS) is 10.6. The van der Waals surface area contributed by atoms with Crippen molar-refractivity contribution in [1.29, 1.82) is 0 Å². The molecule has 1 aromatic heterocycles.